The number of carboxylic acids is 1. The van der Waals surface area contributed by atoms with Crippen LogP contribution in [0.15, 0.2) is 0 Å². The molecule has 3 atom stereocenters. The summed E-state index contributed by atoms with van der Waals surface area (Å²) in [6, 6.07) is -0.777. The fraction of sp³-hybridized carbons (Fsp3) is 0.778. The maximum Gasteiger partial charge on any atom is 1.00 e. The molecule has 0 N–H and O–H groups in total. The summed E-state index contributed by atoms with van der Waals surface area (Å²) in [5.74, 6) is -1.27. The maximum absolute atomic E-state index is 11.5. The van der Waals surface area contributed by atoms with Gasteiger partial charge in [-0.05, 0) is 13.8 Å². The van der Waals surface area contributed by atoms with E-state index in [0.717, 1.165) is 0 Å². The van der Waals surface area contributed by atoms with Crippen LogP contribution in [-0.2, 0) is 9.59 Å². The van der Waals surface area contributed by atoms with Crippen molar-refractivity contribution in [2.24, 2.45) is 5.92 Å². The van der Waals surface area contributed by atoms with E-state index in [4.69, 9.17) is 0 Å². The van der Waals surface area contributed by atoms with E-state index >= 15 is 0 Å². The summed E-state index contributed by atoms with van der Waals surface area (Å²) in [5.41, 5.74) is 0. The zero-order chi connectivity index (χ0) is 10.7. The Bertz CT molecular complexity index is 320. The molecule has 2 saturated heterocycles. The van der Waals surface area contributed by atoms with Crippen molar-refractivity contribution < 1.29 is 44.3 Å². The topological polar surface area (TPSA) is 60.4 Å². The molecule has 2 fully saturated rings. The number of carbonyl (C=O) groups is 2. The number of β-lactam (4-membered cyclic amide) rings is 1. The van der Waals surface area contributed by atoms with Crippen molar-refractivity contribution in [3.05, 3.63) is 0 Å². The summed E-state index contributed by atoms with van der Waals surface area (Å²) < 4.78 is -0.441. The molecule has 4 nitrogen and oxygen atoms in total. The second kappa shape index (κ2) is 3.95. The summed E-state index contributed by atoms with van der Waals surface area (Å²) >= 11 is 1.55. The van der Waals surface area contributed by atoms with E-state index in [0.29, 0.717) is 0 Å². The van der Waals surface area contributed by atoms with Gasteiger partial charge in [-0.2, -0.15) is 0 Å². The molecule has 15 heavy (non-hydrogen) atoms. The minimum Gasteiger partial charge on any atom is -0.548 e. The van der Waals surface area contributed by atoms with Crippen LogP contribution >= 0.6 is 11.8 Å². The minimum atomic E-state index is -1.15. The average Bonchev–Trinajstić information content (AvgIpc) is 2.34. The Morgan fingerprint density at radius 1 is 1.53 bits per heavy atom. The van der Waals surface area contributed by atoms with Gasteiger partial charge in [0.1, 0.15) is 0 Å². The smallest absolute Gasteiger partial charge is 0.548 e. The largest absolute Gasteiger partial charge is 1.00 e. The van der Waals surface area contributed by atoms with Crippen LogP contribution in [0, 0.1) is 5.92 Å². The number of hydrogen-bond acceptors (Lipinski definition) is 4. The van der Waals surface area contributed by atoms with Crippen molar-refractivity contribution in [3.8, 4) is 0 Å². The molecule has 0 unspecified atom stereocenters. The number of nitrogens with zero attached hydrogens (tertiary/aromatic N) is 1. The van der Waals surface area contributed by atoms with E-state index in [-0.39, 0.29) is 46.8 Å². The Morgan fingerprint density at radius 3 is 2.53 bits per heavy atom. The number of carbonyl (C=O) groups excluding carboxylic acids is 2. The Hall–Kier alpha value is 0.290. The number of hydrogen-bond donors (Lipinski definition) is 0. The van der Waals surface area contributed by atoms with Crippen molar-refractivity contribution in [1.29, 1.82) is 0 Å². The number of thioether (sulfide) groups is 1. The molecule has 0 saturated carbocycles. The third kappa shape index (κ3) is 1.73. The molecule has 2 heterocycles. The second-order valence-electron chi connectivity index (χ2n) is 4.37. The fourth-order valence-electron chi connectivity index (χ4n) is 2.18. The van der Waals surface area contributed by atoms with Gasteiger partial charge in [-0.3, -0.25) is 4.79 Å². The van der Waals surface area contributed by atoms with E-state index in [1.807, 2.05) is 20.8 Å². The van der Waals surface area contributed by atoms with Gasteiger partial charge in [0, 0.05) is 4.75 Å². The van der Waals surface area contributed by atoms with Crippen LogP contribution in [0.1, 0.15) is 20.8 Å². The molecule has 0 radical (unpaired) electrons. The summed E-state index contributed by atoms with van der Waals surface area (Å²) in [4.78, 5) is 23.9. The first-order chi connectivity index (χ1) is 6.36. The van der Waals surface area contributed by atoms with Gasteiger partial charge in [0.2, 0.25) is 5.91 Å². The van der Waals surface area contributed by atoms with Crippen LogP contribution < -0.4 is 34.7 Å². The first kappa shape index (κ1) is 13.4. The number of aliphatic carboxylic acids is 1. The van der Waals surface area contributed by atoms with Crippen molar-refractivity contribution in [2.75, 3.05) is 0 Å². The monoisotopic (exact) mass is 237 g/mol. The fourth-order valence-corrected chi connectivity index (χ4v) is 3.80. The number of rotatable bonds is 1. The van der Waals surface area contributed by atoms with E-state index in [9.17, 15) is 14.7 Å². The Kier molecular flexibility index (Phi) is 3.51. The number of amides is 1. The molecule has 0 aliphatic carbocycles. The van der Waals surface area contributed by atoms with Crippen LogP contribution in [-0.4, -0.2) is 32.9 Å². The Balaban J connectivity index is 0.00000112. The molecule has 0 aromatic rings. The minimum absolute atomic E-state index is 0. The molecule has 78 valence electrons. The second-order valence-corrected chi connectivity index (χ2v) is 6.14. The van der Waals surface area contributed by atoms with Crippen LogP contribution in [0.2, 0.25) is 0 Å². The van der Waals surface area contributed by atoms with Crippen molar-refractivity contribution in [2.45, 2.75) is 36.9 Å². The van der Waals surface area contributed by atoms with Crippen molar-refractivity contribution in [1.82, 2.24) is 4.90 Å². The zero-order valence-electron chi connectivity index (χ0n) is 9.31. The van der Waals surface area contributed by atoms with Gasteiger partial charge in [-0.25, -0.2) is 0 Å². The first-order valence-electron chi connectivity index (χ1n) is 4.57. The molecule has 0 aromatic heterocycles. The van der Waals surface area contributed by atoms with Crippen LogP contribution in [0.25, 0.3) is 0 Å². The van der Waals surface area contributed by atoms with Gasteiger partial charge in [0.25, 0.3) is 0 Å². The Morgan fingerprint density at radius 2 is 2.07 bits per heavy atom. The maximum atomic E-state index is 11.5. The van der Waals surface area contributed by atoms with Gasteiger partial charge >= 0.3 is 29.6 Å². The van der Waals surface area contributed by atoms with Gasteiger partial charge < -0.3 is 14.8 Å². The normalized spacial score (nSPS) is 36.6. The molecular weight excluding hydrogens is 225 g/mol. The standard InChI is InChI=1S/C9H13NO3S.Na/c1-4-6(11)10-5(8(12)13)9(2,3)14-7(4)10;/h4-5,7H,1-3H3,(H,12,13);/q;+1/p-1/t4-,5+,7-;/m1./s1. The number of fused-ring (bicyclic) bond motifs is 1. The summed E-state index contributed by atoms with van der Waals surface area (Å²) in [5, 5.41) is 11.0. The third-order valence-corrected chi connectivity index (χ3v) is 4.64. The van der Waals surface area contributed by atoms with Gasteiger partial charge in [-0.15, -0.1) is 11.8 Å². The quantitative estimate of drug-likeness (QED) is 0.350. The van der Waals surface area contributed by atoms with Gasteiger partial charge in [0.15, 0.2) is 0 Å². The van der Waals surface area contributed by atoms with Gasteiger partial charge in [0.05, 0.1) is 23.3 Å². The molecule has 1 amide bonds. The molecule has 0 aromatic carbocycles. The summed E-state index contributed by atoms with van der Waals surface area (Å²) in [6.45, 7) is 5.52. The Labute approximate surface area is 115 Å². The molecule has 6 heteroatoms. The predicted octanol–water partition coefficient (Wildman–Crippen LogP) is -3.56. The van der Waals surface area contributed by atoms with E-state index in [1.54, 1.807) is 11.8 Å². The molecule has 2 rings (SSSR count). The van der Waals surface area contributed by atoms with Crippen LogP contribution in [0.3, 0.4) is 0 Å². The molecular formula is C9H12NNaO3S. The molecule has 0 bridgehead atoms. The zero-order valence-corrected chi connectivity index (χ0v) is 12.1. The van der Waals surface area contributed by atoms with Crippen molar-refractivity contribution >= 4 is 23.6 Å². The number of carboxylic acid groups (broad SMARTS) is 1. The van der Waals surface area contributed by atoms with Gasteiger partial charge in [-0.1, -0.05) is 6.92 Å². The molecule has 2 aliphatic rings. The predicted molar refractivity (Wildman–Crippen MR) is 50.3 cm³/mol. The van der Waals surface area contributed by atoms with E-state index in [2.05, 4.69) is 0 Å². The molecule has 0 spiro atoms. The molecule has 2 aliphatic heterocycles. The third-order valence-electron chi connectivity index (χ3n) is 2.93. The van der Waals surface area contributed by atoms with Crippen molar-refractivity contribution in [3.63, 3.8) is 0 Å². The first-order valence-corrected chi connectivity index (χ1v) is 5.45. The average molecular weight is 237 g/mol. The van der Waals surface area contributed by atoms with E-state index < -0.39 is 16.8 Å². The summed E-state index contributed by atoms with van der Waals surface area (Å²) in [6.07, 6.45) is 0. The summed E-state index contributed by atoms with van der Waals surface area (Å²) in [7, 11) is 0. The SMILES string of the molecule is C[C@@H]1C(=O)N2[C@@H]1SC(C)(C)[C@@H]2C(=O)[O-].[Na+]. The van der Waals surface area contributed by atoms with E-state index in [1.165, 1.54) is 4.90 Å². The van der Waals surface area contributed by atoms with Crippen LogP contribution in [0.4, 0.5) is 0 Å². The van der Waals surface area contributed by atoms with Crippen LogP contribution in [0.5, 0.6) is 0 Å².